The van der Waals surface area contributed by atoms with E-state index in [-0.39, 0.29) is 17.6 Å². The van der Waals surface area contributed by atoms with Crippen LogP contribution in [0.25, 0.3) is 10.8 Å². The predicted octanol–water partition coefficient (Wildman–Crippen LogP) is 4.35. The van der Waals surface area contributed by atoms with Crippen LogP contribution in [0.2, 0.25) is 0 Å². The number of fused-ring (bicyclic) bond motifs is 1. The fraction of sp³-hybridized carbons (Fsp3) is 0.227. The number of carbonyl (C=O) groups is 1. The van der Waals surface area contributed by atoms with Crippen LogP contribution in [-0.2, 0) is 11.2 Å². The van der Waals surface area contributed by atoms with Gasteiger partial charge in [0.2, 0.25) is 5.91 Å². The number of carbonyl (C=O) groups excluding carboxylic acids is 1. The van der Waals surface area contributed by atoms with Crippen LogP contribution in [0.4, 0.5) is 4.39 Å². The highest BCUT2D eigenvalue weighted by Crippen LogP contribution is 2.21. The number of hydrogen-bond donors (Lipinski definition) is 1. The molecular formula is C22H22FNO2. The molecule has 1 N–H and O–H groups in total. The fourth-order valence-corrected chi connectivity index (χ4v) is 2.94. The highest BCUT2D eigenvalue weighted by Gasteiger charge is 2.14. The van der Waals surface area contributed by atoms with Crippen molar-refractivity contribution in [3.63, 3.8) is 0 Å². The van der Waals surface area contributed by atoms with Crippen LogP contribution in [-0.4, -0.2) is 19.1 Å². The molecule has 0 aliphatic rings. The van der Waals surface area contributed by atoms with E-state index in [4.69, 9.17) is 4.74 Å². The second kappa shape index (κ2) is 8.48. The monoisotopic (exact) mass is 351 g/mol. The van der Waals surface area contributed by atoms with Gasteiger partial charge in [-0.15, -0.1) is 0 Å². The van der Waals surface area contributed by atoms with Gasteiger partial charge in [0.15, 0.2) is 0 Å². The first kappa shape index (κ1) is 17.9. The maximum Gasteiger partial charge on any atom is 0.223 e. The highest BCUT2D eigenvalue weighted by atomic mass is 19.1. The molecule has 0 unspecified atom stereocenters. The second-order valence-corrected chi connectivity index (χ2v) is 6.34. The molecule has 1 atom stereocenters. The van der Waals surface area contributed by atoms with Crippen molar-refractivity contribution in [3.8, 4) is 5.75 Å². The highest BCUT2D eigenvalue weighted by molar-refractivity contribution is 5.86. The number of ether oxygens (including phenoxy) is 1. The Hall–Kier alpha value is -2.88. The van der Waals surface area contributed by atoms with Crippen LogP contribution < -0.4 is 10.1 Å². The molecule has 0 saturated carbocycles. The summed E-state index contributed by atoms with van der Waals surface area (Å²) >= 11 is 0. The molecule has 3 aromatic carbocycles. The first-order valence-electron chi connectivity index (χ1n) is 8.76. The summed E-state index contributed by atoms with van der Waals surface area (Å²) in [6, 6.07) is 20.2. The lowest BCUT2D eigenvalue weighted by molar-refractivity contribution is -0.124. The Bertz CT molecular complexity index is 871. The summed E-state index contributed by atoms with van der Waals surface area (Å²) in [6.07, 6.45) is 0.687. The summed E-state index contributed by atoms with van der Waals surface area (Å²) in [5.41, 5.74) is 1.17. The van der Waals surface area contributed by atoms with E-state index in [0.717, 1.165) is 0 Å². The third-order valence-corrected chi connectivity index (χ3v) is 4.34. The first-order chi connectivity index (χ1) is 12.6. The average Bonchev–Trinajstić information content (AvgIpc) is 2.66. The molecule has 0 spiro atoms. The Morgan fingerprint density at radius 3 is 2.58 bits per heavy atom. The minimum atomic E-state index is -0.298. The SMILES string of the molecule is C[C@@H](Cc1cccc2ccccc12)C(=O)NCCOc1ccc(F)cc1. The molecule has 4 heteroatoms. The molecule has 134 valence electrons. The van der Waals surface area contributed by atoms with Crippen LogP contribution in [0, 0.1) is 11.7 Å². The topological polar surface area (TPSA) is 38.3 Å². The van der Waals surface area contributed by atoms with Gasteiger partial charge in [-0.2, -0.15) is 0 Å². The molecule has 0 heterocycles. The van der Waals surface area contributed by atoms with Gasteiger partial charge >= 0.3 is 0 Å². The Morgan fingerprint density at radius 1 is 1.04 bits per heavy atom. The molecule has 0 aliphatic carbocycles. The van der Waals surface area contributed by atoms with Gasteiger partial charge in [-0.25, -0.2) is 4.39 Å². The second-order valence-electron chi connectivity index (χ2n) is 6.34. The summed E-state index contributed by atoms with van der Waals surface area (Å²) in [4.78, 5) is 12.3. The van der Waals surface area contributed by atoms with Crippen molar-refractivity contribution in [2.45, 2.75) is 13.3 Å². The Morgan fingerprint density at radius 2 is 1.77 bits per heavy atom. The van der Waals surface area contributed by atoms with E-state index in [9.17, 15) is 9.18 Å². The van der Waals surface area contributed by atoms with Crippen molar-refractivity contribution < 1.29 is 13.9 Å². The van der Waals surface area contributed by atoms with Crippen LogP contribution in [0.15, 0.2) is 66.7 Å². The van der Waals surface area contributed by atoms with E-state index in [1.165, 1.54) is 28.5 Å². The van der Waals surface area contributed by atoms with Crippen molar-refractivity contribution in [3.05, 3.63) is 78.1 Å². The van der Waals surface area contributed by atoms with Crippen LogP contribution in [0.3, 0.4) is 0 Å². The molecule has 3 rings (SSSR count). The fourth-order valence-electron chi connectivity index (χ4n) is 2.94. The van der Waals surface area contributed by atoms with E-state index < -0.39 is 0 Å². The zero-order chi connectivity index (χ0) is 18.4. The third kappa shape index (κ3) is 4.60. The van der Waals surface area contributed by atoms with Crippen molar-refractivity contribution in [1.82, 2.24) is 5.32 Å². The Kier molecular flexibility index (Phi) is 5.84. The molecule has 26 heavy (non-hydrogen) atoms. The maximum absolute atomic E-state index is 12.8. The summed E-state index contributed by atoms with van der Waals surface area (Å²) < 4.78 is 18.3. The van der Waals surface area contributed by atoms with Crippen LogP contribution >= 0.6 is 0 Å². The van der Waals surface area contributed by atoms with Crippen LogP contribution in [0.1, 0.15) is 12.5 Å². The molecule has 0 aromatic heterocycles. The predicted molar refractivity (Wildman–Crippen MR) is 102 cm³/mol. The van der Waals surface area contributed by atoms with Gasteiger partial charge in [-0.3, -0.25) is 4.79 Å². The van der Waals surface area contributed by atoms with E-state index in [1.807, 2.05) is 25.1 Å². The van der Waals surface area contributed by atoms with E-state index in [0.29, 0.717) is 25.3 Å². The quantitative estimate of drug-likeness (QED) is 0.643. The van der Waals surface area contributed by atoms with Gasteiger partial charge < -0.3 is 10.1 Å². The molecule has 3 aromatic rings. The number of benzene rings is 3. The maximum atomic E-state index is 12.8. The van der Waals surface area contributed by atoms with Gasteiger partial charge in [0.1, 0.15) is 18.2 Å². The number of hydrogen-bond acceptors (Lipinski definition) is 2. The lowest BCUT2D eigenvalue weighted by Crippen LogP contribution is -2.33. The van der Waals surface area contributed by atoms with Gasteiger partial charge in [-0.1, -0.05) is 49.4 Å². The molecule has 0 bridgehead atoms. The summed E-state index contributed by atoms with van der Waals surface area (Å²) in [6.45, 7) is 2.69. The lowest BCUT2D eigenvalue weighted by atomic mass is 9.95. The summed E-state index contributed by atoms with van der Waals surface area (Å²) in [5, 5.41) is 5.27. The molecule has 3 nitrogen and oxygen atoms in total. The number of rotatable bonds is 7. The minimum absolute atomic E-state index is 0.000593. The van der Waals surface area contributed by atoms with Gasteiger partial charge in [0, 0.05) is 5.92 Å². The molecule has 0 aliphatic heterocycles. The summed E-state index contributed by atoms with van der Waals surface area (Å²) in [7, 11) is 0. The number of amides is 1. The summed E-state index contributed by atoms with van der Waals surface area (Å²) in [5.74, 6) is 0.157. The van der Waals surface area contributed by atoms with Crippen molar-refractivity contribution in [1.29, 1.82) is 0 Å². The van der Waals surface area contributed by atoms with Crippen molar-refractivity contribution >= 4 is 16.7 Å². The number of nitrogens with one attached hydrogen (secondary N) is 1. The van der Waals surface area contributed by atoms with Gasteiger partial charge in [0.25, 0.3) is 0 Å². The van der Waals surface area contributed by atoms with Crippen molar-refractivity contribution in [2.75, 3.05) is 13.2 Å². The van der Waals surface area contributed by atoms with Crippen molar-refractivity contribution in [2.24, 2.45) is 5.92 Å². The van der Waals surface area contributed by atoms with Gasteiger partial charge in [0.05, 0.1) is 6.54 Å². The third-order valence-electron chi connectivity index (χ3n) is 4.34. The average molecular weight is 351 g/mol. The van der Waals surface area contributed by atoms with Gasteiger partial charge in [-0.05, 0) is 47.0 Å². The van der Waals surface area contributed by atoms with E-state index >= 15 is 0 Å². The zero-order valence-corrected chi connectivity index (χ0v) is 14.7. The standard InChI is InChI=1S/C22H22FNO2/c1-16(15-18-7-4-6-17-5-2-3-8-21(17)18)22(25)24-13-14-26-20-11-9-19(23)10-12-20/h2-12,16H,13-15H2,1H3,(H,24,25)/t16-/m0/s1. The Balaban J connectivity index is 1.49. The molecule has 0 fully saturated rings. The Labute approximate surface area is 152 Å². The molecule has 0 radical (unpaired) electrons. The first-order valence-corrected chi connectivity index (χ1v) is 8.76. The van der Waals surface area contributed by atoms with Crippen LogP contribution in [0.5, 0.6) is 5.75 Å². The van der Waals surface area contributed by atoms with E-state index in [2.05, 4.69) is 29.6 Å². The molecule has 1 amide bonds. The van der Waals surface area contributed by atoms with E-state index in [1.54, 1.807) is 12.1 Å². The zero-order valence-electron chi connectivity index (χ0n) is 14.7. The minimum Gasteiger partial charge on any atom is -0.492 e. The largest absolute Gasteiger partial charge is 0.492 e. The molecule has 0 saturated heterocycles. The number of halogens is 1. The smallest absolute Gasteiger partial charge is 0.223 e. The normalized spacial score (nSPS) is 11.9. The molecular weight excluding hydrogens is 329 g/mol. The lowest BCUT2D eigenvalue weighted by Gasteiger charge is -2.14.